The molecule has 0 radical (unpaired) electrons. The van der Waals surface area contributed by atoms with Crippen molar-refractivity contribution < 1.29 is 29.5 Å². The lowest BCUT2D eigenvalue weighted by molar-refractivity contribution is -0.137. The van der Waals surface area contributed by atoms with Crippen molar-refractivity contribution >= 4 is 24.8 Å². The number of likely N-dealkylation sites (tertiary alicyclic amines) is 1. The summed E-state index contributed by atoms with van der Waals surface area (Å²) in [4.78, 5) is 36.4. The molecule has 1 aliphatic heterocycles. The average Bonchev–Trinajstić information content (AvgIpc) is 2.92. The first-order chi connectivity index (χ1) is 10.3. The lowest BCUT2D eigenvalue weighted by Gasteiger charge is -2.28. The van der Waals surface area contributed by atoms with E-state index in [1.165, 1.54) is 18.7 Å². The Balaban J connectivity index is 2.63. The Morgan fingerprint density at radius 2 is 1.95 bits per heavy atom. The van der Waals surface area contributed by atoms with E-state index < -0.39 is 49.5 Å². The zero-order valence-electron chi connectivity index (χ0n) is 12.7. The second kappa shape index (κ2) is 8.11. The molecule has 1 aliphatic rings. The highest BCUT2D eigenvalue weighted by Gasteiger charge is 2.38. The molecule has 0 aliphatic carbocycles. The highest BCUT2D eigenvalue weighted by molar-refractivity contribution is 6.43. The van der Waals surface area contributed by atoms with Crippen molar-refractivity contribution in [1.82, 2.24) is 15.5 Å². The first-order valence-electron chi connectivity index (χ1n) is 7.12. The Hall–Kier alpha value is -1.65. The van der Waals surface area contributed by atoms with Crippen LogP contribution in [0, 0.1) is 0 Å². The Labute approximate surface area is 128 Å². The van der Waals surface area contributed by atoms with Crippen LogP contribution in [-0.2, 0) is 14.4 Å². The molecule has 124 valence electrons. The van der Waals surface area contributed by atoms with E-state index in [1.807, 2.05) is 0 Å². The quantitative estimate of drug-likeness (QED) is 0.331. The van der Waals surface area contributed by atoms with Gasteiger partial charge in [-0.25, -0.2) is 0 Å². The summed E-state index contributed by atoms with van der Waals surface area (Å²) >= 11 is 0. The van der Waals surface area contributed by atoms with Gasteiger partial charge in [0.1, 0.15) is 12.1 Å². The van der Waals surface area contributed by atoms with Gasteiger partial charge in [0.2, 0.25) is 17.7 Å². The van der Waals surface area contributed by atoms with Gasteiger partial charge in [0.05, 0.1) is 12.5 Å². The van der Waals surface area contributed by atoms with Crippen LogP contribution in [0.15, 0.2) is 0 Å². The molecule has 3 atom stereocenters. The maximum Gasteiger partial charge on any atom is 0.475 e. The molecule has 1 unspecified atom stereocenters. The molecule has 9 nitrogen and oxygen atoms in total. The molecule has 1 rings (SSSR count). The Morgan fingerprint density at radius 3 is 2.45 bits per heavy atom. The highest BCUT2D eigenvalue weighted by Crippen LogP contribution is 2.19. The van der Waals surface area contributed by atoms with Gasteiger partial charge in [-0.15, -0.1) is 0 Å². The number of hydrogen-bond acceptors (Lipinski definition) is 6. The van der Waals surface area contributed by atoms with Gasteiger partial charge in [-0.1, -0.05) is 0 Å². The van der Waals surface area contributed by atoms with Crippen LogP contribution in [0.1, 0.15) is 26.7 Å². The third-order valence-electron chi connectivity index (χ3n) is 3.53. The Morgan fingerprint density at radius 1 is 1.32 bits per heavy atom. The van der Waals surface area contributed by atoms with Crippen molar-refractivity contribution in [2.75, 3.05) is 13.2 Å². The summed E-state index contributed by atoms with van der Waals surface area (Å²) in [5, 5.41) is 32.3. The second-order valence-electron chi connectivity index (χ2n) is 5.32. The van der Waals surface area contributed by atoms with Crippen molar-refractivity contribution in [2.45, 2.75) is 44.7 Å². The molecular formula is C12H22BN3O6. The summed E-state index contributed by atoms with van der Waals surface area (Å²) in [5.41, 5.74) is 0. The van der Waals surface area contributed by atoms with E-state index in [1.54, 1.807) is 0 Å². The summed E-state index contributed by atoms with van der Waals surface area (Å²) in [5.74, 6) is -2.28. The minimum atomic E-state index is -1.63. The summed E-state index contributed by atoms with van der Waals surface area (Å²) in [6.45, 7) is 2.47. The minimum absolute atomic E-state index is 0.385. The van der Waals surface area contributed by atoms with Gasteiger partial charge in [0, 0.05) is 13.5 Å². The van der Waals surface area contributed by atoms with Crippen LogP contribution in [0.3, 0.4) is 0 Å². The molecule has 1 saturated heterocycles. The van der Waals surface area contributed by atoms with Gasteiger partial charge in [0.15, 0.2) is 0 Å². The van der Waals surface area contributed by atoms with Crippen LogP contribution in [0.25, 0.3) is 0 Å². The summed E-state index contributed by atoms with van der Waals surface area (Å²) in [6.07, 6.45) is 1.13. The molecule has 0 saturated carbocycles. The monoisotopic (exact) mass is 315 g/mol. The van der Waals surface area contributed by atoms with Crippen molar-refractivity contribution in [3.8, 4) is 0 Å². The van der Waals surface area contributed by atoms with Gasteiger partial charge in [-0.05, 0) is 19.8 Å². The number of hydrogen-bond donors (Lipinski definition) is 5. The van der Waals surface area contributed by atoms with Crippen LogP contribution in [0.4, 0.5) is 0 Å². The molecule has 0 aromatic carbocycles. The molecule has 1 fully saturated rings. The van der Waals surface area contributed by atoms with E-state index in [0.717, 1.165) is 0 Å². The van der Waals surface area contributed by atoms with Crippen LogP contribution in [0.2, 0.25) is 0 Å². The van der Waals surface area contributed by atoms with Gasteiger partial charge in [0.25, 0.3) is 0 Å². The fraction of sp³-hybridized carbons (Fsp3) is 0.750. The Kier molecular flexibility index (Phi) is 6.78. The molecule has 0 aromatic rings. The summed E-state index contributed by atoms with van der Waals surface area (Å²) in [7, 11) is -1.63. The predicted molar refractivity (Wildman–Crippen MR) is 77.2 cm³/mol. The van der Waals surface area contributed by atoms with E-state index in [2.05, 4.69) is 10.6 Å². The topological polar surface area (TPSA) is 139 Å². The number of nitrogens with zero attached hydrogens (tertiary/aromatic N) is 1. The van der Waals surface area contributed by atoms with Crippen LogP contribution < -0.4 is 10.6 Å². The number of rotatable bonds is 6. The third-order valence-corrected chi connectivity index (χ3v) is 3.53. The number of aliphatic hydroxyl groups is 1. The van der Waals surface area contributed by atoms with Crippen molar-refractivity contribution in [3.63, 3.8) is 0 Å². The predicted octanol–water partition coefficient (Wildman–Crippen LogP) is -3.01. The second-order valence-corrected chi connectivity index (χ2v) is 5.32. The van der Waals surface area contributed by atoms with Crippen molar-refractivity contribution in [3.05, 3.63) is 0 Å². The largest absolute Gasteiger partial charge is 0.475 e. The maximum absolute atomic E-state index is 12.3. The zero-order valence-corrected chi connectivity index (χ0v) is 12.7. The molecular weight excluding hydrogens is 293 g/mol. The molecule has 1 heterocycles. The molecule has 0 bridgehead atoms. The van der Waals surface area contributed by atoms with Crippen LogP contribution in [-0.4, -0.2) is 76.1 Å². The molecule has 3 amide bonds. The number of carbonyl (C=O) groups excluding carboxylic acids is 3. The first kappa shape index (κ1) is 18.4. The molecule has 22 heavy (non-hydrogen) atoms. The standard InChI is InChI=1S/C12H22BN3O6/c1-7(14-11(19)9(6-17)15-8(2)18)12(20)16-5-3-4-10(16)13(21)22/h7,9-10,17,21-22H,3-6H2,1-2H3,(H,14,19)(H,15,18)/t7-,9-,10?/m0/s1. The third kappa shape index (κ3) is 4.68. The van der Waals surface area contributed by atoms with E-state index in [-0.39, 0.29) is 0 Å². The lowest BCUT2D eigenvalue weighted by Crippen LogP contribution is -2.56. The highest BCUT2D eigenvalue weighted by atomic mass is 16.4. The van der Waals surface area contributed by atoms with Gasteiger partial charge in [-0.2, -0.15) is 0 Å². The molecule has 10 heteroatoms. The van der Waals surface area contributed by atoms with Crippen molar-refractivity contribution in [2.24, 2.45) is 0 Å². The van der Waals surface area contributed by atoms with E-state index in [9.17, 15) is 24.4 Å². The minimum Gasteiger partial charge on any atom is -0.426 e. The van der Waals surface area contributed by atoms with Gasteiger partial charge < -0.3 is 30.7 Å². The van der Waals surface area contributed by atoms with Gasteiger partial charge >= 0.3 is 7.12 Å². The van der Waals surface area contributed by atoms with E-state index in [0.29, 0.717) is 19.4 Å². The number of nitrogens with one attached hydrogen (secondary N) is 2. The summed E-state index contributed by atoms with van der Waals surface area (Å²) < 4.78 is 0. The Bertz CT molecular complexity index is 433. The molecule has 0 aromatic heterocycles. The fourth-order valence-electron chi connectivity index (χ4n) is 2.44. The SMILES string of the molecule is CC(=O)N[C@@H](CO)C(=O)N[C@@H](C)C(=O)N1CCCC1B(O)O. The van der Waals surface area contributed by atoms with Crippen molar-refractivity contribution in [1.29, 1.82) is 0 Å². The molecule has 5 N–H and O–H groups in total. The first-order valence-corrected chi connectivity index (χ1v) is 7.12. The fourth-order valence-corrected chi connectivity index (χ4v) is 2.44. The molecule has 0 spiro atoms. The van der Waals surface area contributed by atoms with E-state index in [4.69, 9.17) is 5.11 Å². The van der Waals surface area contributed by atoms with Crippen LogP contribution >= 0.6 is 0 Å². The lowest BCUT2D eigenvalue weighted by atomic mass is 9.78. The summed E-state index contributed by atoms with van der Waals surface area (Å²) in [6, 6.07) is -2.04. The smallest absolute Gasteiger partial charge is 0.426 e. The average molecular weight is 315 g/mol. The zero-order chi connectivity index (χ0) is 16.9. The number of amides is 3. The van der Waals surface area contributed by atoms with Gasteiger partial charge in [-0.3, -0.25) is 14.4 Å². The number of aliphatic hydroxyl groups excluding tert-OH is 1. The normalized spacial score (nSPS) is 20.2. The maximum atomic E-state index is 12.3. The van der Waals surface area contributed by atoms with Crippen LogP contribution in [0.5, 0.6) is 0 Å². The van der Waals surface area contributed by atoms with E-state index >= 15 is 0 Å². The number of carbonyl (C=O) groups is 3.